The van der Waals surface area contributed by atoms with E-state index in [1.165, 1.54) is 18.6 Å². The van der Waals surface area contributed by atoms with Crippen LogP contribution in [0.25, 0.3) is 5.57 Å². The predicted molar refractivity (Wildman–Crippen MR) is 115 cm³/mol. The largest absolute Gasteiger partial charge is 0.478 e. The first-order valence-electron chi connectivity index (χ1n) is 10.6. The maximum absolute atomic E-state index is 12.2. The van der Waals surface area contributed by atoms with E-state index >= 15 is 0 Å². The Morgan fingerprint density at radius 3 is 2.72 bits per heavy atom. The van der Waals surface area contributed by atoms with Crippen molar-refractivity contribution in [2.24, 2.45) is 0 Å². The number of nitrogens with one attached hydrogen (secondary N) is 1. The molecule has 1 fully saturated rings. The fourth-order valence-electron chi connectivity index (χ4n) is 4.46. The molecule has 1 unspecified atom stereocenters. The lowest BCUT2D eigenvalue weighted by atomic mass is 9.80. The van der Waals surface area contributed by atoms with E-state index in [1.807, 2.05) is 0 Å². The Morgan fingerprint density at radius 1 is 1.28 bits per heavy atom. The van der Waals surface area contributed by atoms with Crippen molar-refractivity contribution in [3.05, 3.63) is 68.6 Å². The van der Waals surface area contributed by atoms with Gasteiger partial charge in [-0.05, 0) is 45.3 Å². The van der Waals surface area contributed by atoms with Gasteiger partial charge < -0.3 is 14.9 Å². The number of hydrogen-bond donors (Lipinski definition) is 2. The van der Waals surface area contributed by atoms with Crippen LogP contribution in [0, 0.1) is 10.1 Å². The molecule has 1 saturated heterocycles. The number of carboxylic acid groups (broad SMARTS) is 1. The van der Waals surface area contributed by atoms with Gasteiger partial charge in [0.2, 0.25) is 0 Å². The molecule has 10 heteroatoms. The van der Waals surface area contributed by atoms with Crippen LogP contribution in [-0.2, 0) is 11.3 Å². The van der Waals surface area contributed by atoms with Gasteiger partial charge in [0, 0.05) is 29.1 Å². The first kappa shape index (κ1) is 21.7. The summed E-state index contributed by atoms with van der Waals surface area (Å²) in [5, 5.41) is 28.5. The molecular weight excluding hydrogens is 414 g/mol. The quantitative estimate of drug-likeness (QED) is 0.512. The minimum absolute atomic E-state index is 0.0851. The highest BCUT2D eigenvalue weighted by molar-refractivity contribution is 5.95. The van der Waals surface area contributed by atoms with Gasteiger partial charge in [-0.2, -0.15) is 4.98 Å². The molecule has 2 aliphatic heterocycles. The van der Waals surface area contributed by atoms with Crippen molar-refractivity contribution in [2.45, 2.75) is 45.6 Å². The summed E-state index contributed by atoms with van der Waals surface area (Å²) in [6.07, 6.45) is 3.50. The fourth-order valence-corrected chi connectivity index (χ4v) is 4.46. The summed E-state index contributed by atoms with van der Waals surface area (Å²) >= 11 is 0. The first-order valence-corrected chi connectivity index (χ1v) is 10.6. The molecule has 0 saturated carbocycles. The topological polar surface area (TPSA) is 135 Å². The van der Waals surface area contributed by atoms with Crippen molar-refractivity contribution in [3.8, 4) is 0 Å². The number of dihydropyridines is 1. The number of nitro benzene ring substituents is 1. The Balaban J connectivity index is 1.75. The number of carbonyl (C=O) groups is 1. The normalized spacial score (nSPS) is 19.8. The molecule has 2 N–H and O–H groups in total. The molecule has 32 heavy (non-hydrogen) atoms. The summed E-state index contributed by atoms with van der Waals surface area (Å²) in [6.45, 7) is 5.99. The number of nitro groups is 1. The summed E-state index contributed by atoms with van der Waals surface area (Å²) in [5.41, 5.74) is 2.08. The second kappa shape index (κ2) is 8.91. The van der Waals surface area contributed by atoms with Crippen LogP contribution in [-0.4, -0.2) is 44.1 Å². The average molecular weight is 439 g/mol. The highest BCUT2D eigenvalue weighted by Crippen LogP contribution is 2.43. The second-order valence-electron chi connectivity index (χ2n) is 8.15. The molecule has 1 aromatic heterocycles. The maximum Gasteiger partial charge on any atom is 0.334 e. The number of carboxylic acids is 1. The number of non-ortho nitro benzene ring substituents is 1. The lowest BCUT2D eigenvalue weighted by Crippen LogP contribution is -2.29. The van der Waals surface area contributed by atoms with Crippen LogP contribution < -0.4 is 5.32 Å². The van der Waals surface area contributed by atoms with Gasteiger partial charge in [0.15, 0.2) is 5.82 Å². The highest BCUT2D eigenvalue weighted by Gasteiger charge is 2.37. The second-order valence-corrected chi connectivity index (χ2v) is 8.15. The van der Waals surface area contributed by atoms with Gasteiger partial charge in [0.1, 0.15) is 0 Å². The molecule has 168 valence electrons. The summed E-state index contributed by atoms with van der Waals surface area (Å²) in [5.74, 6) is -1.17. The molecule has 0 radical (unpaired) electrons. The Bertz CT molecular complexity index is 1110. The zero-order chi connectivity index (χ0) is 22.8. The number of piperidine rings is 1. The minimum atomic E-state index is -1.12. The van der Waals surface area contributed by atoms with Crippen LogP contribution in [0.3, 0.4) is 0 Å². The number of aromatic nitrogens is 2. The van der Waals surface area contributed by atoms with Crippen LogP contribution in [0.15, 0.2) is 45.8 Å². The van der Waals surface area contributed by atoms with E-state index in [1.54, 1.807) is 26.0 Å². The maximum atomic E-state index is 12.2. The number of allylic oxidation sites excluding steroid dienone is 3. The van der Waals surface area contributed by atoms with E-state index < -0.39 is 16.8 Å². The molecule has 1 atom stereocenters. The summed E-state index contributed by atoms with van der Waals surface area (Å²) in [7, 11) is 0. The average Bonchev–Trinajstić information content (AvgIpc) is 3.21. The molecule has 0 amide bonds. The van der Waals surface area contributed by atoms with Crippen molar-refractivity contribution in [1.82, 2.24) is 20.4 Å². The van der Waals surface area contributed by atoms with Gasteiger partial charge in [-0.15, -0.1) is 0 Å². The number of benzene rings is 1. The van der Waals surface area contributed by atoms with Crippen molar-refractivity contribution in [1.29, 1.82) is 0 Å². The van der Waals surface area contributed by atoms with Crippen LogP contribution in [0.4, 0.5) is 5.69 Å². The number of hydrogen-bond acceptors (Lipinski definition) is 8. The number of rotatable bonds is 6. The van der Waals surface area contributed by atoms with Gasteiger partial charge in [-0.1, -0.05) is 23.7 Å². The summed E-state index contributed by atoms with van der Waals surface area (Å²) < 4.78 is 5.57. The molecular formula is C22H25N5O5. The van der Waals surface area contributed by atoms with Crippen molar-refractivity contribution in [3.63, 3.8) is 0 Å². The van der Waals surface area contributed by atoms with Gasteiger partial charge in [-0.25, -0.2) is 4.79 Å². The molecule has 1 aromatic carbocycles. The minimum Gasteiger partial charge on any atom is -0.478 e. The van der Waals surface area contributed by atoms with E-state index in [0.717, 1.165) is 25.9 Å². The third-order valence-electron chi connectivity index (χ3n) is 5.92. The van der Waals surface area contributed by atoms with Gasteiger partial charge in [0.25, 0.3) is 11.6 Å². The molecule has 0 bridgehead atoms. The molecule has 2 aromatic rings. The Morgan fingerprint density at radius 2 is 2.03 bits per heavy atom. The van der Waals surface area contributed by atoms with E-state index in [0.29, 0.717) is 34.9 Å². The fraction of sp³-hybridized carbons (Fsp3) is 0.409. The van der Waals surface area contributed by atoms with Crippen LogP contribution in [0.1, 0.15) is 56.3 Å². The van der Waals surface area contributed by atoms with Crippen LogP contribution >= 0.6 is 0 Å². The zero-order valence-corrected chi connectivity index (χ0v) is 18.0. The van der Waals surface area contributed by atoms with Crippen molar-refractivity contribution >= 4 is 17.2 Å². The van der Waals surface area contributed by atoms with Crippen LogP contribution in [0.5, 0.6) is 0 Å². The van der Waals surface area contributed by atoms with E-state index in [9.17, 15) is 20.0 Å². The van der Waals surface area contributed by atoms with Crippen molar-refractivity contribution < 1.29 is 19.3 Å². The Hall–Kier alpha value is -3.53. The molecule has 10 nitrogen and oxygen atoms in total. The van der Waals surface area contributed by atoms with Crippen LogP contribution in [0.2, 0.25) is 0 Å². The third kappa shape index (κ3) is 4.26. The summed E-state index contributed by atoms with van der Waals surface area (Å²) in [4.78, 5) is 29.9. The molecule has 2 aliphatic rings. The monoisotopic (exact) mass is 439 g/mol. The molecule has 4 rings (SSSR count). The molecule has 0 spiro atoms. The first-order chi connectivity index (χ1) is 15.3. The lowest BCUT2D eigenvalue weighted by Gasteiger charge is -2.29. The SMILES string of the molecule is CC1=C(C(=O)O)C(c2cccc([N+](=O)[O-])c2)C(c2nc(CN3CCCCC3)no2)=C(C)N1. The smallest absolute Gasteiger partial charge is 0.334 e. The third-order valence-corrected chi connectivity index (χ3v) is 5.92. The number of aliphatic carboxylic acids is 1. The Kier molecular flexibility index (Phi) is 6.04. The van der Waals surface area contributed by atoms with E-state index in [2.05, 4.69) is 20.4 Å². The molecule has 0 aliphatic carbocycles. The summed E-state index contributed by atoms with van der Waals surface area (Å²) in [6, 6.07) is 6.00. The number of nitrogens with zero attached hydrogens (tertiary/aromatic N) is 4. The highest BCUT2D eigenvalue weighted by atomic mass is 16.6. The van der Waals surface area contributed by atoms with E-state index in [4.69, 9.17) is 4.52 Å². The van der Waals surface area contributed by atoms with Gasteiger partial charge in [0.05, 0.1) is 23.0 Å². The van der Waals surface area contributed by atoms with Gasteiger partial charge >= 0.3 is 5.97 Å². The molecule has 3 heterocycles. The lowest BCUT2D eigenvalue weighted by molar-refractivity contribution is -0.384. The predicted octanol–water partition coefficient (Wildman–Crippen LogP) is 3.44. The van der Waals surface area contributed by atoms with Crippen molar-refractivity contribution in [2.75, 3.05) is 13.1 Å². The standard InChI is InChI=1S/C22H25N5O5/c1-13-18(21-24-17(25-32-21)12-26-9-4-3-5-10-26)20(19(22(28)29)14(2)23-13)15-7-6-8-16(11-15)27(30)31/h6-8,11,20,23H,3-5,9-10,12H2,1-2H3,(H,28,29). The Labute approximate surface area is 184 Å². The van der Waals surface area contributed by atoms with Gasteiger partial charge in [-0.3, -0.25) is 15.0 Å². The number of likely N-dealkylation sites (tertiary alicyclic amines) is 1. The van der Waals surface area contributed by atoms with E-state index in [-0.39, 0.29) is 17.2 Å². The zero-order valence-electron chi connectivity index (χ0n) is 18.0.